The minimum atomic E-state index is -3.54. The van der Waals surface area contributed by atoms with Crippen LogP contribution in [0.25, 0.3) is 0 Å². The number of sulfonamides is 1. The van der Waals surface area contributed by atoms with E-state index in [0.717, 1.165) is 11.1 Å². The average Bonchev–Trinajstić information content (AvgIpc) is 2.82. The molecule has 0 aromatic heterocycles. The van der Waals surface area contributed by atoms with Gasteiger partial charge in [-0.15, -0.1) is 0 Å². The Morgan fingerprint density at radius 1 is 0.943 bits per heavy atom. The molecule has 1 N–H and O–H groups in total. The minimum Gasteiger partial charge on any atom is -0.491 e. The highest BCUT2D eigenvalue weighted by Gasteiger charge is 2.19. The molecule has 35 heavy (non-hydrogen) atoms. The number of nitrogens with one attached hydrogen (secondary N) is 1. The van der Waals surface area contributed by atoms with Crippen LogP contribution in [0, 0.1) is 0 Å². The zero-order valence-corrected chi connectivity index (χ0v) is 21.1. The number of ether oxygens (including phenoxy) is 2. The second kappa shape index (κ2) is 12.4. The number of nitrogens with zero attached hydrogens (tertiary/aromatic N) is 1. The molecule has 0 radical (unpaired) electrons. The van der Waals surface area contributed by atoms with E-state index in [-0.39, 0.29) is 18.6 Å². The summed E-state index contributed by atoms with van der Waals surface area (Å²) in [5.74, 6) is 0.393. The molecule has 8 heteroatoms. The van der Waals surface area contributed by atoms with E-state index in [1.165, 1.54) is 10.6 Å². The Kier molecular flexibility index (Phi) is 9.28. The number of carbonyl (C=O) groups is 1. The lowest BCUT2D eigenvalue weighted by Gasteiger charge is -2.23. The first-order chi connectivity index (χ1) is 16.7. The third-order valence-corrected chi connectivity index (χ3v) is 6.20. The van der Waals surface area contributed by atoms with Crippen LogP contribution in [0.2, 0.25) is 0 Å². The van der Waals surface area contributed by atoms with Crippen molar-refractivity contribution < 1.29 is 22.7 Å². The SMILES string of the molecule is CC(C)Oc1cccc(N(Cc2ccc(C(=O)NCCOCc3ccccc3)cc2)S(C)(=O)=O)c1. The molecule has 0 aliphatic carbocycles. The van der Waals surface area contributed by atoms with Gasteiger partial charge in [0.25, 0.3) is 5.91 Å². The Bertz CT molecular complexity index is 1200. The number of rotatable bonds is 12. The summed E-state index contributed by atoms with van der Waals surface area (Å²) in [4.78, 5) is 12.4. The van der Waals surface area contributed by atoms with Gasteiger partial charge in [0.1, 0.15) is 5.75 Å². The number of benzene rings is 3. The summed E-state index contributed by atoms with van der Waals surface area (Å²) in [6, 6.07) is 23.7. The maximum atomic E-state index is 12.5. The molecule has 7 nitrogen and oxygen atoms in total. The highest BCUT2D eigenvalue weighted by Crippen LogP contribution is 2.26. The summed E-state index contributed by atoms with van der Waals surface area (Å²) < 4.78 is 37.6. The van der Waals surface area contributed by atoms with Crippen molar-refractivity contribution in [1.82, 2.24) is 5.32 Å². The van der Waals surface area contributed by atoms with E-state index in [2.05, 4.69) is 5.32 Å². The quantitative estimate of drug-likeness (QED) is 0.376. The first-order valence-corrected chi connectivity index (χ1v) is 13.3. The van der Waals surface area contributed by atoms with Crippen molar-refractivity contribution in [3.63, 3.8) is 0 Å². The molecule has 0 unspecified atom stereocenters. The van der Waals surface area contributed by atoms with Crippen molar-refractivity contribution in [2.75, 3.05) is 23.7 Å². The average molecular weight is 497 g/mol. The molecule has 0 aliphatic rings. The van der Waals surface area contributed by atoms with Crippen LogP contribution in [-0.2, 0) is 27.9 Å². The van der Waals surface area contributed by atoms with Crippen LogP contribution in [0.15, 0.2) is 78.9 Å². The Morgan fingerprint density at radius 2 is 1.66 bits per heavy atom. The largest absolute Gasteiger partial charge is 0.491 e. The topological polar surface area (TPSA) is 84.9 Å². The van der Waals surface area contributed by atoms with Crippen LogP contribution in [0.3, 0.4) is 0 Å². The summed E-state index contributed by atoms with van der Waals surface area (Å²) in [5.41, 5.74) is 2.85. The highest BCUT2D eigenvalue weighted by atomic mass is 32.2. The molecule has 3 aromatic carbocycles. The number of anilines is 1. The molecule has 0 heterocycles. The van der Waals surface area contributed by atoms with Gasteiger partial charge in [-0.3, -0.25) is 9.10 Å². The van der Waals surface area contributed by atoms with Crippen LogP contribution in [0.5, 0.6) is 5.75 Å². The van der Waals surface area contributed by atoms with Crippen LogP contribution in [-0.4, -0.2) is 39.8 Å². The zero-order valence-electron chi connectivity index (χ0n) is 20.3. The smallest absolute Gasteiger partial charge is 0.251 e. The van der Waals surface area contributed by atoms with E-state index in [1.807, 2.05) is 44.2 Å². The number of carbonyl (C=O) groups excluding carboxylic acids is 1. The van der Waals surface area contributed by atoms with Gasteiger partial charge in [-0.2, -0.15) is 0 Å². The van der Waals surface area contributed by atoms with E-state index in [1.54, 1.807) is 48.5 Å². The Labute approximate surface area is 207 Å². The first kappa shape index (κ1) is 26.2. The zero-order chi connectivity index (χ0) is 25.3. The van der Waals surface area contributed by atoms with E-state index < -0.39 is 10.0 Å². The van der Waals surface area contributed by atoms with Gasteiger partial charge >= 0.3 is 0 Å². The Hall–Kier alpha value is -3.36. The van der Waals surface area contributed by atoms with Gasteiger partial charge < -0.3 is 14.8 Å². The molecule has 3 aromatic rings. The predicted molar refractivity (Wildman–Crippen MR) is 138 cm³/mol. The van der Waals surface area contributed by atoms with Crippen LogP contribution in [0.1, 0.15) is 35.3 Å². The van der Waals surface area contributed by atoms with Gasteiger partial charge in [0, 0.05) is 18.2 Å². The van der Waals surface area contributed by atoms with E-state index in [0.29, 0.717) is 36.8 Å². The Morgan fingerprint density at radius 3 is 2.31 bits per heavy atom. The van der Waals surface area contributed by atoms with Crippen LogP contribution < -0.4 is 14.4 Å². The fourth-order valence-corrected chi connectivity index (χ4v) is 4.29. The monoisotopic (exact) mass is 496 g/mol. The fourth-order valence-electron chi connectivity index (χ4n) is 3.41. The van der Waals surface area contributed by atoms with Crippen molar-refractivity contribution in [2.24, 2.45) is 0 Å². The third kappa shape index (κ3) is 8.42. The van der Waals surface area contributed by atoms with Gasteiger partial charge in [-0.25, -0.2) is 8.42 Å². The predicted octanol–water partition coefficient (Wildman–Crippen LogP) is 4.39. The molecule has 1 amide bonds. The summed E-state index contributed by atoms with van der Waals surface area (Å²) >= 11 is 0. The lowest BCUT2D eigenvalue weighted by atomic mass is 10.1. The number of hydrogen-bond donors (Lipinski definition) is 1. The first-order valence-electron chi connectivity index (χ1n) is 11.5. The molecular formula is C27H32N2O5S. The summed E-state index contributed by atoms with van der Waals surface area (Å²) in [7, 11) is -3.54. The molecule has 0 saturated carbocycles. The fraction of sp³-hybridized carbons (Fsp3) is 0.296. The number of amides is 1. The van der Waals surface area contributed by atoms with E-state index in [9.17, 15) is 13.2 Å². The number of hydrogen-bond acceptors (Lipinski definition) is 5. The standard InChI is InChI=1S/C27H32N2O5S/c1-21(2)34-26-11-7-10-25(18-26)29(35(3,31)32)19-22-12-14-24(15-13-22)27(30)28-16-17-33-20-23-8-5-4-6-9-23/h4-15,18,21H,16-17,19-20H2,1-3H3,(H,28,30). The van der Waals surface area contributed by atoms with Crippen molar-refractivity contribution in [2.45, 2.75) is 33.1 Å². The van der Waals surface area contributed by atoms with Crippen molar-refractivity contribution >= 4 is 21.6 Å². The van der Waals surface area contributed by atoms with Crippen molar-refractivity contribution in [1.29, 1.82) is 0 Å². The van der Waals surface area contributed by atoms with E-state index >= 15 is 0 Å². The minimum absolute atomic E-state index is 0.0222. The lowest BCUT2D eigenvalue weighted by molar-refractivity contribution is 0.0901. The molecule has 0 spiro atoms. The molecule has 0 saturated heterocycles. The summed E-state index contributed by atoms with van der Waals surface area (Å²) in [5, 5.41) is 2.83. The highest BCUT2D eigenvalue weighted by molar-refractivity contribution is 7.92. The van der Waals surface area contributed by atoms with E-state index in [4.69, 9.17) is 9.47 Å². The van der Waals surface area contributed by atoms with Gasteiger partial charge in [-0.1, -0.05) is 48.5 Å². The van der Waals surface area contributed by atoms with Gasteiger partial charge in [-0.05, 0) is 49.2 Å². The molecule has 0 bridgehead atoms. The van der Waals surface area contributed by atoms with Crippen molar-refractivity contribution in [3.05, 3.63) is 95.6 Å². The van der Waals surface area contributed by atoms with Gasteiger partial charge in [0.2, 0.25) is 10.0 Å². The lowest BCUT2D eigenvalue weighted by Crippen LogP contribution is -2.29. The third-order valence-electron chi connectivity index (χ3n) is 5.06. The maximum absolute atomic E-state index is 12.5. The molecular weight excluding hydrogens is 464 g/mol. The molecule has 0 aliphatic heterocycles. The van der Waals surface area contributed by atoms with Crippen molar-refractivity contribution in [3.8, 4) is 5.75 Å². The van der Waals surface area contributed by atoms with Gasteiger partial charge in [0.15, 0.2) is 0 Å². The summed E-state index contributed by atoms with van der Waals surface area (Å²) in [6.45, 7) is 5.26. The normalized spacial score (nSPS) is 11.3. The molecule has 0 atom stereocenters. The van der Waals surface area contributed by atoms with Crippen LogP contribution in [0.4, 0.5) is 5.69 Å². The van der Waals surface area contributed by atoms with Gasteiger partial charge in [0.05, 0.1) is 37.8 Å². The summed E-state index contributed by atoms with van der Waals surface area (Å²) in [6.07, 6.45) is 1.15. The molecule has 0 fully saturated rings. The second-order valence-electron chi connectivity index (χ2n) is 8.42. The molecule has 186 valence electrons. The van der Waals surface area contributed by atoms with Crippen LogP contribution >= 0.6 is 0 Å². The second-order valence-corrected chi connectivity index (χ2v) is 10.3. The Balaban J connectivity index is 1.57. The molecule has 3 rings (SSSR count). The maximum Gasteiger partial charge on any atom is 0.251 e.